The molecule has 0 radical (unpaired) electrons. The Morgan fingerprint density at radius 2 is 1.96 bits per heavy atom. The van der Waals surface area contributed by atoms with Crippen molar-refractivity contribution in [1.82, 2.24) is 14.9 Å². The highest BCUT2D eigenvalue weighted by Gasteiger charge is 2.41. The molecule has 0 aliphatic carbocycles. The quantitative estimate of drug-likeness (QED) is 0.662. The second kappa shape index (κ2) is 9.11. The van der Waals surface area contributed by atoms with Gasteiger partial charge in [0.2, 0.25) is 10.0 Å². The first kappa shape index (κ1) is 21.8. The predicted molar refractivity (Wildman–Crippen MR) is 96.1 cm³/mol. The maximum Gasteiger partial charge on any atom is 0.324 e. The topological polar surface area (TPSA) is 122 Å². The number of rotatable bonds is 6. The summed E-state index contributed by atoms with van der Waals surface area (Å²) in [6.45, 7) is 2.69. The first-order chi connectivity index (χ1) is 13.1. The number of sulfonamides is 1. The molecule has 3 amide bonds. The van der Waals surface area contributed by atoms with E-state index in [4.69, 9.17) is 4.74 Å². The Morgan fingerprint density at radius 3 is 2.61 bits per heavy atom. The van der Waals surface area contributed by atoms with Crippen molar-refractivity contribution in [3.05, 3.63) is 30.1 Å². The SMILES string of the molecule is CC(C)NC(=O)NC(=O)COC(=O)[C@@H]1CCCN1S(=O)(=O)c1ccccc1F. The predicted octanol–water partition coefficient (Wildman–Crippen LogP) is 0.756. The number of imide groups is 1. The van der Waals surface area contributed by atoms with Crippen LogP contribution < -0.4 is 10.6 Å². The van der Waals surface area contributed by atoms with Gasteiger partial charge < -0.3 is 10.1 Å². The molecule has 1 aromatic rings. The van der Waals surface area contributed by atoms with E-state index >= 15 is 0 Å². The van der Waals surface area contributed by atoms with Gasteiger partial charge in [0.15, 0.2) is 6.61 Å². The third kappa shape index (κ3) is 5.26. The largest absolute Gasteiger partial charge is 0.454 e. The highest BCUT2D eigenvalue weighted by atomic mass is 32.2. The van der Waals surface area contributed by atoms with Crippen molar-refractivity contribution < 1.29 is 31.9 Å². The van der Waals surface area contributed by atoms with Gasteiger partial charge in [-0.3, -0.25) is 14.9 Å². The third-order valence-corrected chi connectivity index (χ3v) is 5.86. The molecule has 1 atom stereocenters. The smallest absolute Gasteiger partial charge is 0.324 e. The van der Waals surface area contributed by atoms with Crippen LogP contribution in [0, 0.1) is 5.82 Å². The van der Waals surface area contributed by atoms with E-state index in [1.165, 1.54) is 12.1 Å². The Bertz CT molecular complexity index is 858. The molecule has 1 aliphatic heterocycles. The maximum absolute atomic E-state index is 13.9. The van der Waals surface area contributed by atoms with Gasteiger partial charge in [-0.2, -0.15) is 4.31 Å². The van der Waals surface area contributed by atoms with Gasteiger partial charge in [0, 0.05) is 12.6 Å². The maximum atomic E-state index is 13.9. The van der Waals surface area contributed by atoms with Gasteiger partial charge in [-0.15, -0.1) is 0 Å². The summed E-state index contributed by atoms with van der Waals surface area (Å²) in [6, 6.07) is 2.78. The summed E-state index contributed by atoms with van der Waals surface area (Å²) in [6.07, 6.45) is 0.568. The highest BCUT2D eigenvalue weighted by Crippen LogP contribution is 2.28. The van der Waals surface area contributed by atoms with Crippen LogP contribution in [0.15, 0.2) is 29.2 Å². The molecule has 1 saturated heterocycles. The van der Waals surface area contributed by atoms with Crippen molar-refractivity contribution in [2.45, 2.75) is 43.7 Å². The molecule has 154 valence electrons. The normalized spacial score (nSPS) is 17.4. The van der Waals surface area contributed by atoms with Crippen LogP contribution in [0.1, 0.15) is 26.7 Å². The fourth-order valence-electron chi connectivity index (χ4n) is 2.74. The van der Waals surface area contributed by atoms with E-state index in [0.29, 0.717) is 6.42 Å². The van der Waals surface area contributed by atoms with E-state index in [1.54, 1.807) is 13.8 Å². The average molecular weight is 415 g/mol. The van der Waals surface area contributed by atoms with E-state index in [1.807, 2.05) is 5.32 Å². The Kier molecular flexibility index (Phi) is 7.08. The molecule has 0 bridgehead atoms. The van der Waals surface area contributed by atoms with Gasteiger partial charge >= 0.3 is 12.0 Å². The van der Waals surface area contributed by atoms with Crippen molar-refractivity contribution in [3.63, 3.8) is 0 Å². The second-order valence-corrected chi connectivity index (χ2v) is 8.35. The van der Waals surface area contributed by atoms with Gasteiger partial charge in [0.25, 0.3) is 5.91 Å². The lowest BCUT2D eigenvalue weighted by Gasteiger charge is -2.22. The molecular formula is C17H22FN3O6S. The number of benzene rings is 1. The Morgan fingerprint density at radius 1 is 1.29 bits per heavy atom. The number of urea groups is 1. The van der Waals surface area contributed by atoms with Crippen molar-refractivity contribution in [1.29, 1.82) is 0 Å². The standard InChI is InChI=1S/C17H22FN3O6S/c1-11(2)19-17(24)20-15(22)10-27-16(23)13-7-5-9-21(13)28(25,26)14-8-4-3-6-12(14)18/h3-4,6,8,11,13H,5,7,9-10H2,1-2H3,(H2,19,20,22,24)/t13-/m0/s1. The van der Waals surface area contributed by atoms with Crippen LogP contribution in [0.25, 0.3) is 0 Å². The summed E-state index contributed by atoms with van der Waals surface area (Å²) in [5.74, 6) is -2.71. The van der Waals surface area contributed by atoms with Crippen molar-refractivity contribution in [2.75, 3.05) is 13.2 Å². The molecule has 0 saturated carbocycles. The number of carbonyl (C=O) groups excluding carboxylic acids is 3. The molecule has 2 N–H and O–H groups in total. The molecule has 0 aromatic heterocycles. The minimum absolute atomic E-state index is 0.0272. The van der Waals surface area contributed by atoms with Crippen LogP contribution in [0.5, 0.6) is 0 Å². The zero-order valence-corrected chi connectivity index (χ0v) is 16.3. The highest BCUT2D eigenvalue weighted by molar-refractivity contribution is 7.89. The molecule has 1 aromatic carbocycles. The molecule has 2 rings (SSSR count). The van der Waals surface area contributed by atoms with E-state index in [2.05, 4.69) is 5.32 Å². The zero-order valence-electron chi connectivity index (χ0n) is 15.5. The number of hydrogen-bond acceptors (Lipinski definition) is 6. The molecule has 28 heavy (non-hydrogen) atoms. The summed E-state index contributed by atoms with van der Waals surface area (Å²) >= 11 is 0. The van der Waals surface area contributed by atoms with Crippen molar-refractivity contribution >= 4 is 27.9 Å². The Labute approximate surface area is 162 Å². The minimum atomic E-state index is -4.24. The lowest BCUT2D eigenvalue weighted by atomic mass is 10.2. The molecule has 1 heterocycles. The van der Waals surface area contributed by atoms with E-state index < -0.39 is 51.3 Å². The van der Waals surface area contributed by atoms with Crippen LogP contribution in [0.4, 0.5) is 9.18 Å². The van der Waals surface area contributed by atoms with E-state index in [-0.39, 0.29) is 19.0 Å². The van der Waals surface area contributed by atoms with Gasteiger partial charge in [0.1, 0.15) is 16.8 Å². The average Bonchev–Trinajstić information content (AvgIpc) is 3.09. The summed E-state index contributed by atoms with van der Waals surface area (Å²) in [7, 11) is -4.24. The zero-order chi connectivity index (χ0) is 20.9. The minimum Gasteiger partial charge on any atom is -0.454 e. The number of halogens is 1. The number of esters is 1. The molecule has 1 aliphatic rings. The first-order valence-electron chi connectivity index (χ1n) is 8.66. The van der Waals surface area contributed by atoms with Crippen molar-refractivity contribution in [3.8, 4) is 0 Å². The lowest BCUT2D eigenvalue weighted by molar-refractivity contribution is -0.151. The summed E-state index contributed by atoms with van der Waals surface area (Å²) < 4.78 is 45.1. The van der Waals surface area contributed by atoms with E-state index in [9.17, 15) is 27.2 Å². The summed E-state index contributed by atoms with van der Waals surface area (Å²) in [5, 5.41) is 4.42. The van der Waals surface area contributed by atoms with Crippen LogP contribution in [-0.4, -0.2) is 55.9 Å². The fourth-order valence-corrected chi connectivity index (χ4v) is 4.45. The molecule has 0 unspecified atom stereocenters. The summed E-state index contributed by atoms with van der Waals surface area (Å²) in [5.41, 5.74) is 0. The van der Waals surface area contributed by atoms with Gasteiger partial charge in [0.05, 0.1) is 0 Å². The van der Waals surface area contributed by atoms with Crippen LogP contribution in [-0.2, 0) is 24.3 Å². The Hall–Kier alpha value is -2.53. The van der Waals surface area contributed by atoms with Crippen LogP contribution in [0.2, 0.25) is 0 Å². The van der Waals surface area contributed by atoms with Crippen LogP contribution in [0.3, 0.4) is 0 Å². The van der Waals surface area contributed by atoms with Gasteiger partial charge in [-0.05, 0) is 38.8 Å². The van der Waals surface area contributed by atoms with E-state index in [0.717, 1.165) is 16.4 Å². The van der Waals surface area contributed by atoms with Crippen molar-refractivity contribution in [2.24, 2.45) is 0 Å². The lowest BCUT2D eigenvalue weighted by Crippen LogP contribution is -2.45. The monoisotopic (exact) mass is 415 g/mol. The van der Waals surface area contributed by atoms with Crippen LogP contribution >= 0.6 is 0 Å². The number of nitrogens with zero attached hydrogens (tertiary/aromatic N) is 1. The molecule has 9 nitrogen and oxygen atoms in total. The summed E-state index contributed by atoms with van der Waals surface area (Å²) in [4.78, 5) is 34.9. The number of carbonyl (C=O) groups is 3. The molecule has 11 heteroatoms. The number of ether oxygens (including phenoxy) is 1. The number of amides is 3. The van der Waals surface area contributed by atoms with Gasteiger partial charge in [-0.1, -0.05) is 12.1 Å². The molecule has 1 fully saturated rings. The third-order valence-electron chi connectivity index (χ3n) is 3.92. The Balaban J connectivity index is 2.00. The van der Waals surface area contributed by atoms with Gasteiger partial charge in [-0.25, -0.2) is 17.6 Å². The number of nitrogens with one attached hydrogen (secondary N) is 2. The molecule has 0 spiro atoms. The molecular weight excluding hydrogens is 393 g/mol. The second-order valence-electron chi connectivity index (χ2n) is 6.49. The number of hydrogen-bond donors (Lipinski definition) is 2. The first-order valence-corrected chi connectivity index (χ1v) is 10.1. The fraction of sp³-hybridized carbons (Fsp3) is 0.471.